The van der Waals surface area contributed by atoms with Crippen LogP contribution in [0, 0.1) is 21.4 Å². The Bertz CT molecular complexity index is 428. The molecule has 0 heterocycles. The molecule has 6 heteroatoms. The zero-order valence-electron chi connectivity index (χ0n) is 6.83. The quantitative estimate of drug-likeness (QED) is 0.364. The maximum Gasteiger partial charge on any atom is 0.288 e. The number of nitrogens with zero attached hydrogens (tertiary/aromatic N) is 2. The summed E-state index contributed by atoms with van der Waals surface area (Å²) in [7, 11) is 0. The van der Waals surface area contributed by atoms with E-state index in [4.69, 9.17) is 16.9 Å². The first kappa shape index (κ1) is 11.2. The van der Waals surface area contributed by atoms with Gasteiger partial charge in [-0.3, -0.25) is 10.1 Å². The second-order valence-electron chi connectivity index (χ2n) is 2.46. The first-order valence-electron chi connectivity index (χ1n) is 3.53. The summed E-state index contributed by atoms with van der Waals surface area (Å²) < 4.78 is 0.540. The van der Waals surface area contributed by atoms with Crippen LogP contribution in [0.1, 0.15) is 11.1 Å². The fraction of sp³-hybridized carbons (Fsp3) is 0.125. The van der Waals surface area contributed by atoms with Gasteiger partial charge in [0.1, 0.15) is 5.02 Å². The number of hydrogen-bond donors (Lipinski definition) is 0. The van der Waals surface area contributed by atoms with Gasteiger partial charge >= 0.3 is 0 Å². The summed E-state index contributed by atoms with van der Waals surface area (Å²) in [6.45, 7) is 0. The summed E-state index contributed by atoms with van der Waals surface area (Å²) in [5.74, 6) is 0. The Morgan fingerprint density at radius 1 is 1.64 bits per heavy atom. The van der Waals surface area contributed by atoms with Crippen LogP contribution in [-0.4, -0.2) is 4.92 Å². The van der Waals surface area contributed by atoms with Gasteiger partial charge in [-0.1, -0.05) is 34.2 Å². The van der Waals surface area contributed by atoms with Crippen molar-refractivity contribution < 1.29 is 4.92 Å². The van der Waals surface area contributed by atoms with Gasteiger partial charge in [-0.25, -0.2) is 0 Å². The number of benzene rings is 1. The van der Waals surface area contributed by atoms with Gasteiger partial charge in [-0.2, -0.15) is 5.26 Å². The molecule has 1 aromatic rings. The Kier molecular flexibility index (Phi) is 3.66. The van der Waals surface area contributed by atoms with Gasteiger partial charge in [0.25, 0.3) is 5.69 Å². The lowest BCUT2D eigenvalue weighted by atomic mass is 10.1. The monoisotopic (exact) mass is 322 g/mol. The summed E-state index contributed by atoms with van der Waals surface area (Å²) >= 11 is 7.67. The molecule has 14 heavy (non-hydrogen) atoms. The zero-order valence-corrected chi connectivity index (χ0v) is 9.74. The van der Waals surface area contributed by atoms with E-state index in [1.54, 1.807) is 0 Å². The zero-order chi connectivity index (χ0) is 10.7. The summed E-state index contributed by atoms with van der Waals surface area (Å²) in [5.41, 5.74) is 0.858. The van der Waals surface area contributed by atoms with Crippen molar-refractivity contribution in [3.8, 4) is 6.07 Å². The van der Waals surface area contributed by atoms with Crippen LogP contribution in [0.3, 0.4) is 0 Å². The third kappa shape index (κ3) is 2.13. The highest BCUT2D eigenvalue weighted by atomic mass is 127. The van der Waals surface area contributed by atoms with E-state index in [2.05, 4.69) is 0 Å². The van der Waals surface area contributed by atoms with Crippen LogP contribution in [0.25, 0.3) is 0 Å². The Morgan fingerprint density at radius 2 is 2.29 bits per heavy atom. The maximum absolute atomic E-state index is 10.5. The Hall–Kier alpha value is -0.870. The van der Waals surface area contributed by atoms with Crippen LogP contribution in [0.2, 0.25) is 5.02 Å². The largest absolute Gasteiger partial charge is 0.288 e. The van der Waals surface area contributed by atoms with Crippen molar-refractivity contribution in [3.63, 3.8) is 0 Å². The van der Waals surface area contributed by atoms with Crippen molar-refractivity contribution in [2.45, 2.75) is 4.43 Å². The first-order valence-corrected chi connectivity index (χ1v) is 5.43. The number of halogens is 2. The predicted molar refractivity (Wildman–Crippen MR) is 60.5 cm³/mol. The summed E-state index contributed by atoms with van der Waals surface area (Å²) in [5, 5.41) is 19.2. The molecule has 0 unspecified atom stereocenters. The molecule has 0 aromatic heterocycles. The minimum absolute atomic E-state index is 0.000139. The molecule has 0 radical (unpaired) electrons. The fourth-order valence-electron chi connectivity index (χ4n) is 0.960. The Balaban J connectivity index is 3.39. The van der Waals surface area contributed by atoms with E-state index in [9.17, 15) is 10.1 Å². The fourth-order valence-corrected chi connectivity index (χ4v) is 1.82. The van der Waals surface area contributed by atoms with Crippen LogP contribution in [-0.2, 0) is 4.43 Å². The minimum atomic E-state index is -0.556. The van der Waals surface area contributed by atoms with E-state index < -0.39 is 4.92 Å². The Labute approximate surface area is 98.8 Å². The van der Waals surface area contributed by atoms with Crippen molar-refractivity contribution in [2.24, 2.45) is 0 Å². The topological polar surface area (TPSA) is 66.9 Å². The molecule has 0 fully saturated rings. The molecular weight excluding hydrogens is 318 g/mol. The molecule has 0 bridgehead atoms. The van der Waals surface area contributed by atoms with Gasteiger partial charge in [0.05, 0.1) is 16.6 Å². The number of hydrogen-bond acceptors (Lipinski definition) is 3. The molecule has 0 saturated carbocycles. The second-order valence-corrected chi connectivity index (χ2v) is 3.63. The van der Waals surface area contributed by atoms with Crippen molar-refractivity contribution in [2.75, 3.05) is 0 Å². The highest BCUT2D eigenvalue weighted by Crippen LogP contribution is 2.28. The number of nitro groups is 1. The van der Waals surface area contributed by atoms with Crippen molar-refractivity contribution in [1.82, 2.24) is 0 Å². The number of rotatable bonds is 2. The normalized spacial score (nSPS) is 9.50. The van der Waals surface area contributed by atoms with Gasteiger partial charge in [-0.15, -0.1) is 0 Å². The van der Waals surface area contributed by atoms with Gasteiger partial charge in [0.2, 0.25) is 0 Å². The van der Waals surface area contributed by atoms with Gasteiger partial charge in [0.15, 0.2) is 0 Å². The maximum atomic E-state index is 10.5. The van der Waals surface area contributed by atoms with E-state index in [-0.39, 0.29) is 10.7 Å². The van der Waals surface area contributed by atoms with Crippen molar-refractivity contribution in [1.29, 1.82) is 5.26 Å². The van der Waals surface area contributed by atoms with Crippen molar-refractivity contribution >= 4 is 39.9 Å². The van der Waals surface area contributed by atoms with Crippen LogP contribution < -0.4 is 0 Å². The van der Waals surface area contributed by atoms with E-state index in [1.807, 2.05) is 28.7 Å². The SMILES string of the molecule is N#Cc1cc(Cl)c([N+](=O)[O-])cc1CI. The average molecular weight is 322 g/mol. The number of nitriles is 1. The minimum Gasteiger partial charge on any atom is -0.258 e. The average Bonchev–Trinajstić information content (AvgIpc) is 2.16. The van der Waals surface area contributed by atoms with E-state index in [0.29, 0.717) is 15.6 Å². The molecule has 0 spiro atoms. The van der Waals surface area contributed by atoms with Gasteiger partial charge < -0.3 is 0 Å². The van der Waals surface area contributed by atoms with Crippen LogP contribution in [0.4, 0.5) is 5.69 Å². The first-order chi connectivity index (χ1) is 6.60. The molecule has 0 saturated heterocycles. The summed E-state index contributed by atoms with van der Waals surface area (Å²) in [6, 6.07) is 4.61. The van der Waals surface area contributed by atoms with Gasteiger partial charge in [-0.05, 0) is 11.6 Å². The lowest BCUT2D eigenvalue weighted by Gasteiger charge is -2.01. The smallest absolute Gasteiger partial charge is 0.258 e. The van der Waals surface area contributed by atoms with Crippen LogP contribution in [0.15, 0.2) is 12.1 Å². The highest BCUT2D eigenvalue weighted by Gasteiger charge is 2.15. The Morgan fingerprint density at radius 3 is 2.71 bits per heavy atom. The second kappa shape index (κ2) is 4.57. The standard InChI is InChI=1S/C8H4ClIN2O2/c9-7-1-6(4-11)5(3-10)2-8(7)12(13)14/h1-2H,3H2. The molecule has 0 N–H and O–H groups in total. The predicted octanol–water partition coefficient (Wildman–Crippen LogP) is 3.05. The van der Waals surface area contributed by atoms with E-state index in [1.165, 1.54) is 12.1 Å². The number of nitro benzene ring substituents is 1. The highest BCUT2D eigenvalue weighted by molar-refractivity contribution is 14.1. The summed E-state index contributed by atoms with van der Waals surface area (Å²) in [6.07, 6.45) is 0. The molecule has 1 rings (SSSR count). The lowest BCUT2D eigenvalue weighted by Crippen LogP contribution is -1.93. The molecular formula is C8H4ClIN2O2. The van der Waals surface area contributed by atoms with Crippen molar-refractivity contribution in [3.05, 3.63) is 38.4 Å². The third-order valence-electron chi connectivity index (χ3n) is 1.63. The van der Waals surface area contributed by atoms with Crippen LogP contribution in [0.5, 0.6) is 0 Å². The number of alkyl halides is 1. The van der Waals surface area contributed by atoms with Crippen LogP contribution >= 0.6 is 34.2 Å². The molecule has 1 aromatic carbocycles. The van der Waals surface area contributed by atoms with E-state index >= 15 is 0 Å². The third-order valence-corrected chi connectivity index (χ3v) is 2.76. The molecule has 4 nitrogen and oxygen atoms in total. The van der Waals surface area contributed by atoms with E-state index in [0.717, 1.165) is 0 Å². The van der Waals surface area contributed by atoms with Gasteiger partial charge in [0, 0.05) is 10.5 Å². The molecule has 72 valence electrons. The summed E-state index contributed by atoms with van der Waals surface area (Å²) in [4.78, 5) is 9.97. The molecule has 0 amide bonds. The molecule has 0 aliphatic rings. The molecule has 0 aliphatic heterocycles. The molecule has 0 atom stereocenters. The molecule has 0 aliphatic carbocycles. The lowest BCUT2D eigenvalue weighted by molar-refractivity contribution is -0.384.